The molecule has 0 saturated carbocycles. The van der Waals surface area contributed by atoms with Crippen molar-refractivity contribution in [3.8, 4) is 0 Å². The van der Waals surface area contributed by atoms with Gasteiger partial charge in [0.25, 0.3) is 0 Å². The number of urea groups is 1. The fourth-order valence-electron chi connectivity index (χ4n) is 1.94. The summed E-state index contributed by atoms with van der Waals surface area (Å²) >= 11 is 0. The molecule has 1 aliphatic heterocycles. The van der Waals surface area contributed by atoms with E-state index in [1.807, 2.05) is 13.8 Å². The summed E-state index contributed by atoms with van der Waals surface area (Å²) < 4.78 is 0. The van der Waals surface area contributed by atoms with E-state index >= 15 is 0 Å². The number of hydrogen-bond donors (Lipinski definition) is 2. The van der Waals surface area contributed by atoms with Gasteiger partial charge in [-0.3, -0.25) is 0 Å². The van der Waals surface area contributed by atoms with Crippen LogP contribution in [0.3, 0.4) is 0 Å². The van der Waals surface area contributed by atoms with Gasteiger partial charge in [-0.15, -0.1) is 0 Å². The number of aliphatic hydroxyl groups is 1. The number of carbonyl (C=O) groups excluding carboxylic acids is 1. The highest BCUT2D eigenvalue weighted by molar-refractivity contribution is 5.74. The molecule has 88 valence electrons. The predicted molar refractivity (Wildman–Crippen MR) is 59.6 cm³/mol. The molecule has 1 aliphatic rings. The van der Waals surface area contributed by atoms with Crippen LogP contribution in [0.5, 0.6) is 0 Å². The minimum Gasteiger partial charge on any atom is -0.393 e. The van der Waals surface area contributed by atoms with Gasteiger partial charge >= 0.3 is 6.03 Å². The molecular formula is C11H22N2O2. The summed E-state index contributed by atoms with van der Waals surface area (Å²) in [6.07, 6.45) is 1.38. The first kappa shape index (κ1) is 12.3. The van der Waals surface area contributed by atoms with Gasteiger partial charge in [0.15, 0.2) is 0 Å². The fourth-order valence-corrected chi connectivity index (χ4v) is 1.94. The predicted octanol–water partition coefficient (Wildman–Crippen LogP) is 1.20. The molecule has 0 aromatic rings. The van der Waals surface area contributed by atoms with E-state index in [1.54, 1.807) is 4.90 Å². The van der Waals surface area contributed by atoms with E-state index in [9.17, 15) is 9.90 Å². The second-order valence-electron chi connectivity index (χ2n) is 4.57. The summed E-state index contributed by atoms with van der Waals surface area (Å²) in [7, 11) is 0. The summed E-state index contributed by atoms with van der Waals surface area (Å²) in [5, 5.41) is 12.6. The van der Waals surface area contributed by atoms with Crippen LogP contribution in [0.25, 0.3) is 0 Å². The fraction of sp³-hybridized carbons (Fsp3) is 0.909. The average Bonchev–Trinajstić information content (AvgIpc) is 2.17. The third-order valence-electron chi connectivity index (χ3n) is 2.92. The van der Waals surface area contributed by atoms with Gasteiger partial charge in [-0.1, -0.05) is 6.92 Å². The van der Waals surface area contributed by atoms with Crippen LogP contribution in [0, 0.1) is 5.92 Å². The Morgan fingerprint density at radius 3 is 2.80 bits per heavy atom. The Bertz CT molecular complexity index is 219. The molecule has 1 rings (SSSR count). The van der Waals surface area contributed by atoms with Crippen LogP contribution in [0.4, 0.5) is 4.79 Å². The zero-order chi connectivity index (χ0) is 11.4. The van der Waals surface area contributed by atoms with E-state index in [4.69, 9.17) is 0 Å². The maximum absolute atomic E-state index is 11.7. The molecule has 0 bridgehead atoms. The molecule has 1 saturated heterocycles. The molecule has 1 fully saturated rings. The Kier molecular flexibility index (Phi) is 4.39. The first-order chi connectivity index (χ1) is 7.04. The van der Waals surface area contributed by atoms with Gasteiger partial charge in [0, 0.05) is 25.0 Å². The number of carbonyl (C=O) groups is 1. The standard InChI is InChI=1S/C11H22N2O2/c1-4-9-7-13(6-5-10(9)14)11(15)12-8(2)3/h8-10,14H,4-7H2,1-3H3,(H,12,15). The van der Waals surface area contributed by atoms with Crippen molar-refractivity contribution < 1.29 is 9.90 Å². The number of nitrogens with zero attached hydrogens (tertiary/aromatic N) is 1. The third-order valence-corrected chi connectivity index (χ3v) is 2.92. The van der Waals surface area contributed by atoms with Crippen molar-refractivity contribution in [2.24, 2.45) is 5.92 Å². The first-order valence-electron chi connectivity index (χ1n) is 5.78. The normalized spacial score (nSPS) is 26.9. The second kappa shape index (κ2) is 5.35. The molecule has 2 atom stereocenters. The van der Waals surface area contributed by atoms with Crippen molar-refractivity contribution >= 4 is 6.03 Å². The number of hydrogen-bond acceptors (Lipinski definition) is 2. The van der Waals surface area contributed by atoms with Crippen molar-refractivity contribution in [2.45, 2.75) is 45.8 Å². The SMILES string of the molecule is CCC1CN(C(=O)NC(C)C)CCC1O. The van der Waals surface area contributed by atoms with Crippen molar-refractivity contribution in [1.82, 2.24) is 10.2 Å². The van der Waals surface area contributed by atoms with Gasteiger partial charge in [-0.05, 0) is 26.7 Å². The lowest BCUT2D eigenvalue weighted by molar-refractivity contribution is 0.0379. The summed E-state index contributed by atoms with van der Waals surface area (Å²) in [4.78, 5) is 13.5. The van der Waals surface area contributed by atoms with Gasteiger partial charge in [-0.2, -0.15) is 0 Å². The van der Waals surface area contributed by atoms with Gasteiger partial charge in [0.05, 0.1) is 6.10 Å². The van der Waals surface area contributed by atoms with Crippen molar-refractivity contribution in [3.05, 3.63) is 0 Å². The van der Waals surface area contributed by atoms with Crippen LogP contribution in [0.2, 0.25) is 0 Å². The van der Waals surface area contributed by atoms with Crippen molar-refractivity contribution in [2.75, 3.05) is 13.1 Å². The van der Waals surface area contributed by atoms with Gasteiger partial charge in [-0.25, -0.2) is 4.79 Å². The van der Waals surface area contributed by atoms with E-state index in [0.29, 0.717) is 19.5 Å². The molecule has 4 heteroatoms. The summed E-state index contributed by atoms with van der Waals surface area (Å²) in [5.41, 5.74) is 0. The Balaban J connectivity index is 2.47. The van der Waals surface area contributed by atoms with E-state index in [2.05, 4.69) is 12.2 Å². The minimum absolute atomic E-state index is 0.00431. The number of rotatable bonds is 2. The molecule has 0 aromatic heterocycles. The number of likely N-dealkylation sites (tertiary alicyclic amines) is 1. The highest BCUT2D eigenvalue weighted by Crippen LogP contribution is 2.19. The number of nitrogens with one attached hydrogen (secondary N) is 1. The smallest absolute Gasteiger partial charge is 0.317 e. The number of piperidine rings is 1. The minimum atomic E-state index is -0.238. The lowest BCUT2D eigenvalue weighted by atomic mass is 9.93. The van der Waals surface area contributed by atoms with Crippen LogP contribution in [0.15, 0.2) is 0 Å². The lowest BCUT2D eigenvalue weighted by Gasteiger charge is -2.36. The quantitative estimate of drug-likeness (QED) is 0.725. The number of amides is 2. The Morgan fingerprint density at radius 1 is 1.60 bits per heavy atom. The maximum atomic E-state index is 11.7. The van der Waals surface area contributed by atoms with E-state index in [0.717, 1.165) is 6.42 Å². The topological polar surface area (TPSA) is 52.6 Å². The van der Waals surface area contributed by atoms with Crippen LogP contribution in [0.1, 0.15) is 33.6 Å². The first-order valence-corrected chi connectivity index (χ1v) is 5.78. The largest absolute Gasteiger partial charge is 0.393 e. The van der Waals surface area contributed by atoms with Crippen molar-refractivity contribution in [1.29, 1.82) is 0 Å². The van der Waals surface area contributed by atoms with E-state index in [-0.39, 0.29) is 24.1 Å². The molecular weight excluding hydrogens is 192 g/mol. The van der Waals surface area contributed by atoms with E-state index in [1.165, 1.54) is 0 Å². The van der Waals surface area contributed by atoms with E-state index < -0.39 is 0 Å². The molecule has 0 spiro atoms. The molecule has 4 nitrogen and oxygen atoms in total. The third kappa shape index (κ3) is 3.38. The zero-order valence-electron chi connectivity index (χ0n) is 9.86. The summed E-state index contributed by atoms with van der Waals surface area (Å²) in [6, 6.07) is 0.166. The Labute approximate surface area is 91.6 Å². The molecule has 0 radical (unpaired) electrons. The molecule has 2 amide bonds. The Hall–Kier alpha value is -0.770. The highest BCUT2D eigenvalue weighted by Gasteiger charge is 2.28. The van der Waals surface area contributed by atoms with Gasteiger partial charge in [0.1, 0.15) is 0 Å². The second-order valence-corrected chi connectivity index (χ2v) is 4.57. The molecule has 1 heterocycles. The van der Waals surface area contributed by atoms with Crippen LogP contribution in [-0.4, -0.2) is 41.3 Å². The summed E-state index contributed by atoms with van der Waals surface area (Å²) in [6.45, 7) is 7.30. The molecule has 0 aromatic carbocycles. The number of aliphatic hydroxyl groups excluding tert-OH is 1. The molecule has 2 unspecified atom stereocenters. The summed E-state index contributed by atoms with van der Waals surface area (Å²) in [5.74, 6) is 0.233. The monoisotopic (exact) mass is 214 g/mol. The lowest BCUT2D eigenvalue weighted by Crippen LogP contribution is -2.50. The van der Waals surface area contributed by atoms with Crippen molar-refractivity contribution in [3.63, 3.8) is 0 Å². The molecule has 15 heavy (non-hydrogen) atoms. The maximum Gasteiger partial charge on any atom is 0.317 e. The zero-order valence-corrected chi connectivity index (χ0v) is 9.86. The van der Waals surface area contributed by atoms with Crippen LogP contribution < -0.4 is 5.32 Å². The Morgan fingerprint density at radius 2 is 2.27 bits per heavy atom. The average molecular weight is 214 g/mol. The molecule has 2 N–H and O–H groups in total. The van der Waals surface area contributed by atoms with Gasteiger partial charge in [0.2, 0.25) is 0 Å². The van der Waals surface area contributed by atoms with Gasteiger partial charge < -0.3 is 15.3 Å². The van der Waals surface area contributed by atoms with Crippen LogP contribution >= 0.6 is 0 Å². The highest BCUT2D eigenvalue weighted by atomic mass is 16.3. The molecule has 0 aliphatic carbocycles. The van der Waals surface area contributed by atoms with Crippen LogP contribution in [-0.2, 0) is 0 Å².